The minimum absolute atomic E-state index is 0.0446. The van der Waals surface area contributed by atoms with Gasteiger partial charge in [0.1, 0.15) is 4.32 Å². The van der Waals surface area contributed by atoms with Gasteiger partial charge in [-0.1, -0.05) is 42.2 Å². The number of thiocarbonyl (C=S) groups is 1. The van der Waals surface area contributed by atoms with Gasteiger partial charge in [-0.15, -0.1) is 0 Å². The summed E-state index contributed by atoms with van der Waals surface area (Å²) in [5, 5.41) is 11.7. The van der Waals surface area contributed by atoms with Gasteiger partial charge in [-0.2, -0.15) is 26.3 Å². The molecule has 264 valence electrons. The predicted molar refractivity (Wildman–Crippen MR) is 179 cm³/mol. The number of morpholine rings is 1. The van der Waals surface area contributed by atoms with Gasteiger partial charge < -0.3 is 15.2 Å². The zero-order valence-electron chi connectivity index (χ0n) is 26.1. The van der Waals surface area contributed by atoms with Crippen LogP contribution in [0.15, 0.2) is 71.6 Å². The summed E-state index contributed by atoms with van der Waals surface area (Å²) in [6.45, 7) is 2.69. The molecule has 0 spiro atoms. The maximum Gasteiger partial charge on any atom is 0.416 e. The fourth-order valence-electron chi connectivity index (χ4n) is 5.40. The van der Waals surface area contributed by atoms with E-state index in [1.165, 1.54) is 47.4 Å². The highest BCUT2D eigenvalue weighted by Crippen LogP contribution is 2.41. The quantitative estimate of drug-likeness (QED) is 0.126. The fourth-order valence-corrected chi connectivity index (χ4v) is 6.82. The number of nitrogens with one attached hydrogen (secondary N) is 1. The lowest BCUT2D eigenvalue weighted by molar-refractivity contribution is -0.143. The molecule has 2 saturated heterocycles. The van der Waals surface area contributed by atoms with E-state index in [4.69, 9.17) is 22.1 Å². The van der Waals surface area contributed by atoms with Gasteiger partial charge in [0.15, 0.2) is 0 Å². The maximum atomic E-state index is 13.8. The number of carboxylic acid groups (broad SMARTS) is 1. The van der Waals surface area contributed by atoms with Crippen molar-refractivity contribution in [2.24, 2.45) is 0 Å². The molecule has 0 unspecified atom stereocenters. The van der Waals surface area contributed by atoms with Crippen molar-refractivity contribution in [2.75, 3.05) is 44.7 Å². The fraction of sp³-hybridized carbons (Fsp3) is 0.294. The summed E-state index contributed by atoms with van der Waals surface area (Å²) in [5.74, 6) is -2.06. The first-order chi connectivity index (χ1) is 23.6. The average molecular weight is 738 g/mol. The molecule has 3 aromatic rings. The van der Waals surface area contributed by atoms with Crippen LogP contribution < -0.4 is 5.32 Å². The van der Waals surface area contributed by atoms with Gasteiger partial charge in [0.25, 0.3) is 5.91 Å². The Hall–Kier alpha value is -4.25. The Kier molecular flexibility index (Phi) is 11.3. The highest BCUT2D eigenvalue weighted by molar-refractivity contribution is 8.26. The van der Waals surface area contributed by atoms with E-state index in [1.807, 2.05) is 0 Å². The number of alkyl halides is 6. The van der Waals surface area contributed by atoms with Crippen molar-refractivity contribution in [3.8, 4) is 11.1 Å². The Balaban J connectivity index is 1.43. The lowest BCUT2D eigenvalue weighted by Crippen LogP contribution is -2.37. The Morgan fingerprint density at radius 3 is 2.08 bits per heavy atom. The van der Waals surface area contributed by atoms with E-state index < -0.39 is 41.3 Å². The molecule has 3 aromatic carbocycles. The Labute approximate surface area is 292 Å². The number of halogens is 6. The molecule has 0 aliphatic carbocycles. The zero-order valence-corrected chi connectivity index (χ0v) is 27.7. The van der Waals surface area contributed by atoms with Crippen LogP contribution in [0.4, 0.5) is 32.0 Å². The number of carboxylic acids is 1. The number of rotatable bonds is 10. The summed E-state index contributed by atoms with van der Waals surface area (Å²) in [4.78, 5) is 41.2. The van der Waals surface area contributed by atoms with Crippen molar-refractivity contribution in [1.82, 2.24) is 9.80 Å². The third kappa shape index (κ3) is 9.10. The second-order valence-corrected chi connectivity index (χ2v) is 13.0. The molecule has 16 heteroatoms. The largest absolute Gasteiger partial charge is 0.478 e. The summed E-state index contributed by atoms with van der Waals surface area (Å²) >= 11 is 6.50. The molecule has 50 heavy (non-hydrogen) atoms. The number of hydrogen-bond donors (Lipinski definition) is 2. The highest BCUT2D eigenvalue weighted by atomic mass is 32.2. The van der Waals surface area contributed by atoms with Crippen LogP contribution in [0.3, 0.4) is 0 Å². The second-order valence-electron chi connectivity index (χ2n) is 11.4. The summed E-state index contributed by atoms with van der Waals surface area (Å²) < 4.78 is 87.4. The van der Waals surface area contributed by atoms with Crippen LogP contribution in [0.2, 0.25) is 0 Å². The molecule has 2 aliphatic heterocycles. The van der Waals surface area contributed by atoms with Crippen LogP contribution >= 0.6 is 24.0 Å². The van der Waals surface area contributed by atoms with Crippen LogP contribution in [-0.2, 0) is 26.7 Å². The van der Waals surface area contributed by atoms with Gasteiger partial charge in [-0.25, -0.2) is 4.79 Å². The monoisotopic (exact) mass is 737 g/mol. The molecule has 0 bridgehead atoms. The number of thioether (sulfide) groups is 1. The Morgan fingerprint density at radius 2 is 1.48 bits per heavy atom. The number of anilines is 1. The number of hydrogen-bond acceptors (Lipinski definition) is 7. The molecule has 0 atom stereocenters. The predicted octanol–water partition coefficient (Wildman–Crippen LogP) is 7.41. The molecular weight excluding hydrogens is 709 g/mol. The van der Waals surface area contributed by atoms with Crippen LogP contribution in [0, 0.1) is 0 Å². The lowest BCUT2D eigenvalue weighted by Gasteiger charge is -2.27. The number of aromatic carboxylic acids is 1. The number of nitrogens with zero attached hydrogens (tertiary/aromatic N) is 2. The van der Waals surface area contributed by atoms with Gasteiger partial charge in [-0.3, -0.25) is 19.4 Å². The highest BCUT2D eigenvalue weighted by Gasteiger charge is 2.38. The molecule has 2 N–H and O–H groups in total. The van der Waals surface area contributed by atoms with E-state index in [0.29, 0.717) is 68.2 Å². The first-order valence-electron chi connectivity index (χ1n) is 15.2. The van der Waals surface area contributed by atoms with E-state index in [2.05, 4.69) is 10.2 Å². The first-order valence-corrected chi connectivity index (χ1v) is 16.4. The smallest absolute Gasteiger partial charge is 0.416 e. The van der Waals surface area contributed by atoms with E-state index in [-0.39, 0.29) is 44.9 Å². The van der Waals surface area contributed by atoms with Crippen molar-refractivity contribution >= 4 is 57.3 Å². The van der Waals surface area contributed by atoms with Crippen molar-refractivity contribution < 1.29 is 50.6 Å². The SMILES string of the molecule is O=C(CCN1C(=O)/C(=C(\CCN2CCOCC2)c2cccc(-c3cc(C(F)(F)F)cc(C(F)(F)F)c3)c2)SC1=S)Nc1ccc(C(=O)O)cc1. The summed E-state index contributed by atoms with van der Waals surface area (Å²) in [7, 11) is 0. The average Bonchev–Trinajstić information content (AvgIpc) is 3.35. The number of carbonyl (C=O) groups is 3. The van der Waals surface area contributed by atoms with Crippen molar-refractivity contribution in [3.05, 3.63) is 93.9 Å². The van der Waals surface area contributed by atoms with Crippen LogP contribution in [-0.4, -0.2) is 76.4 Å². The van der Waals surface area contributed by atoms with E-state index in [9.17, 15) is 40.7 Å². The van der Waals surface area contributed by atoms with Crippen LogP contribution in [0.1, 0.15) is 39.9 Å². The van der Waals surface area contributed by atoms with Crippen molar-refractivity contribution in [3.63, 3.8) is 0 Å². The topological polar surface area (TPSA) is 99.2 Å². The van der Waals surface area contributed by atoms with Crippen molar-refractivity contribution in [1.29, 1.82) is 0 Å². The van der Waals surface area contributed by atoms with E-state index >= 15 is 0 Å². The molecule has 0 radical (unpaired) electrons. The molecule has 2 heterocycles. The Bertz CT molecular complexity index is 1790. The van der Waals surface area contributed by atoms with Gasteiger partial charge in [0.2, 0.25) is 5.91 Å². The molecule has 2 fully saturated rings. The lowest BCUT2D eigenvalue weighted by atomic mass is 9.94. The number of ether oxygens (including phenoxy) is 1. The normalized spacial score (nSPS) is 16.9. The van der Waals surface area contributed by atoms with E-state index in [0.717, 1.165) is 11.8 Å². The molecule has 2 aliphatic rings. The van der Waals surface area contributed by atoms with E-state index in [1.54, 1.807) is 6.07 Å². The second kappa shape index (κ2) is 15.3. The minimum atomic E-state index is -5.02. The summed E-state index contributed by atoms with van der Waals surface area (Å²) in [5.41, 5.74) is -1.76. The number of carbonyl (C=O) groups excluding carboxylic acids is 2. The Morgan fingerprint density at radius 1 is 0.840 bits per heavy atom. The molecule has 8 nitrogen and oxygen atoms in total. The molecular formula is C34H29F6N3O5S2. The molecule has 5 rings (SSSR count). The van der Waals surface area contributed by atoms with Gasteiger partial charge in [0.05, 0.1) is 34.8 Å². The summed E-state index contributed by atoms with van der Waals surface area (Å²) in [6.07, 6.45) is -9.88. The standard InChI is InChI=1S/C34H29F6N3O5S2/c35-33(36,37)24-17-23(18-25(19-24)34(38,39)40)21-2-1-3-22(16-21)27(8-10-42-12-14-48-15-13-42)29-30(45)43(32(49)50-29)11-9-28(44)41-26-6-4-20(5-7-26)31(46)47/h1-7,16-19H,8-15H2,(H,41,44)(H,46,47)/b29-27-. The zero-order chi connectivity index (χ0) is 36.2. The first kappa shape index (κ1) is 37.0. The molecule has 0 aromatic heterocycles. The van der Waals surface area contributed by atoms with Crippen LogP contribution in [0.25, 0.3) is 16.7 Å². The minimum Gasteiger partial charge on any atom is -0.478 e. The number of benzene rings is 3. The maximum absolute atomic E-state index is 13.8. The summed E-state index contributed by atoms with van der Waals surface area (Å²) in [6, 6.07) is 12.9. The van der Waals surface area contributed by atoms with Crippen LogP contribution in [0.5, 0.6) is 0 Å². The molecule has 0 saturated carbocycles. The van der Waals surface area contributed by atoms with Crippen molar-refractivity contribution in [2.45, 2.75) is 25.2 Å². The van der Waals surface area contributed by atoms with Gasteiger partial charge in [0, 0.05) is 38.3 Å². The van der Waals surface area contributed by atoms with Gasteiger partial charge >= 0.3 is 18.3 Å². The number of amides is 2. The third-order valence-electron chi connectivity index (χ3n) is 8.02. The van der Waals surface area contributed by atoms with Gasteiger partial charge in [-0.05, 0) is 77.2 Å². The molecule has 2 amide bonds. The third-order valence-corrected chi connectivity index (χ3v) is 9.51.